The van der Waals surface area contributed by atoms with Gasteiger partial charge in [0.25, 0.3) is 0 Å². The number of carbonyl (C=O) groups excluding carboxylic acids is 1. The van der Waals surface area contributed by atoms with Crippen LogP contribution in [0.25, 0.3) is 11.0 Å². The van der Waals surface area contributed by atoms with Crippen LogP contribution in [0.1, 0.15) is 23.7 Å². The van der Waals surface area contributed by atoms with Crippen LogP contribution in [0.2, 0.25) is 10.0 Å². The van der Waals surface area contributed by atoms with Crippen molar-refractivity contribution in [1.29, 1.82) is 0 Å². The molecular weight excluding hydrogens is 388 g/mol. The van der Waals surface area contributed by atoms with Crippen LogP contribution >= 0.6 is 23.2 Å². The molecule has 2 atom stereocenters. The first kappa shape index (κ1) is 18.3. The third-order valence-corrected chi connectivity index (χ3v) is 5.94. The Bertz CT molecular complexity index is 1030. The van der Waals surface area contributed by atoms with Crippen LogP contribution in [0.3, 0.4) is 0 Å². The van der Waals surface area contributed by atoms with E-state index in [0.29, 0.717) is 28.5 Å². The zero-order valence-electron chi connectivity index (χ0n) is 14.7. The van der Waals surface area contributed by atoms with Crippen molar-refractivity contribution in [3.05, 3.63) is 63.6 Å². The van der Waals surface area contributed by atoms with Gasteiger partial charge in [-0.15, -0.1) is 0 Å². The highest BCUT2D eigenvalue weighted by Crippen LogP contribution is 2.50. The van der Waals surface area contributed by atoms with Gasteiger partial charge in [0.05, 0.1) is 15.6 Å². The van der Waals surface area contributed by atoms with Gasteiger partial charge >= 0.3 is 0 Å². The highest BCUT2D eigenvalue weighted by molar-refractivity contribution is 6.42. The molecule has 4 rings (SSSR count). The molecule has 4 nitrogen and oxygen atoms in total. The van der Waals surface area contributed by atoms with E-state index >= 15 is 0 Å². The van der Waals surface area contributed by atoms with E-state index in [9.17, 15) is 9.18 Å². The molecule has 0 spiro atoms. The number of nitrogens with one attached hydrogen (secondary N) is 1. The molecule has 0 unspecified atom stereocenters. The van der Waals surface area contributed by atoms with Crippen molar-refractivity contribution in [1.82, 2.24) is 14.9 Å². The molecule has 7 heteroatoms. The minimum Gasteiger partial charge on any atom is -0.355 e. The van der Waals surface area contributed by atoms with Crippen molar-refractivity contribution in [2.45, 2.75) is 18.8 Å². The summed E-state index contributed by atoms with van der Waals surface area (Å²) in [5.74, 6) is 0.430. The molecule has 0 bridgehead atoms. The number of benzene rings is 2. The molecular formula is C20H18Cl2FN3O. The fourth-order valence-electron chi connectivity index (χ4n) is 3.52. The molecule has 140 valence electrons. The van der Waals surface area contributed by atoms with Crippen molar-refractivity contribution < 1.29 is 9.18 Å². The van der Waals surface area contributed by atoms with Gasteiger partial charge in [-0.3, -0.25) is 4.79 Å². The second-order valence-electron chi connectivity index (χ2n) is 6.83. The molecule has 1 amide bonds. The van der Waals surface area contributed by atoms with Crippen molar-refractivity contribution in [2.24, 2.45) is 13.0 Å². The summed E-state index contributed by atoms with van der Waals surface area (Å²) in [6.45, 7) is 0.449. The predicted molar refractivity (Wildman–Crippen MR) is 105 cm³/mol. The second-order valence-corrected chi connectivity index (χ2v) is 7.61. The number of para-hydroxylation sites is 1. The SMILES string of the molecule is Cn1c(CCNC(=O)[C@@H]2C[C@H]2c2cccc(Cl)c2Cl)nc2c(F)cccc21. The van der Waals surface area contributed by atoms with Gasteiger partial charge in [-0.1, -0.05) is 41.4 Å². The number of rotatable bonds is 5. The summed E-state index contributed by atoms with van der Waals surface area (Å²) >= 11 is 12.3. The van der Waals surface area contributed by atoms with Crippen LogP contribution in [0, 0.1) is 11.7 Å². The molecule has 1 N–H and O–H groups in total. The summed E-state index contributed by atoms with van der Waals surface area (Å²) in [6, 6.07) is 10.4. The zero-order chi connectivity index (χ0) is 19.1. The van der Waals surface area contributed by atoms with E-state index in [2.05, 4.69) is 10.3 Å². The molecule has 1 aliphatic rings. The number of halogens is 3. The Morgan fingerprint density at radius 2 is 2.07 bits per heavy atom. The van der Waals surface area contributed by atoms with Gasteiger partial charge in [0.15, 0.2) is 5.82 Å². The number of imidazole rings is 1. The van der Waals surface area contributed by atoms with E-state index in [1.165, 1.54) is 6.07 Å². The molecule has 1 saturated carbocycles. The molecule has 1 fully saturated rings. The third kappa shape index (κ3) is 3.42. The largest absolute Gasteiger partial charge is 0.355 e. The molecule has 3 aromatic rings. The van der Waals surface area contributed by atoms with Crippen molar-refractivity contribution in [3.8, 4) is 0 Å². The Morgan fingerprint density at radius 1 is 1.30 bits per heavy atom. The number of hydrogen-bond acceptors (Lipinski definition) is 2. The summed E-state index contributed by atoms with van der Waals surface area (Å²) in [6.07, 6.45) is 1.30. The summed E-state index contributed by atoms with van der Waals surface area (Å²) in [5, 5.41) is 3.99. The number of amides is 1. The number of hydrogen-bond donors (Lipinski definition) is 1. The van der Waals surface area contributed by atoms with Crippen LogP contribution in [-0.2, 0) is 18.3 Å². The Hall–Kier alpha value is -2.11. The predicted octanol–water partition coefficient (Wildman–Crippen LogP) is 4.48. The maximum atomic E-state index is 13.8. The first-order valence-corrected chi connectivity index (χ1v) is 9.54. The topological polar surface area (TPSA) is 46.9 Å². The maximum absolute atomic E-state index is 13.8. The Balaban J connectivity index is 1.36. The summed E-state index contributed by atoms with van der Waals surface area (Å²) < 4.78 is 15.7. The van der Waals surface area contributed by atoms with Gasteiger partial charge in [0.2, 0.25) is 5.91 Å². The van der Waals surface area contributed by atoms with Crippen molar-refractivity contribution in [3.63, 3.8) is 0 Å². The molecule has 2 aromatic carbocycles. The van der Waals surface area contributed by atoms with Gasteiger partial charge in [0, 0.05) is 25.9 Å². The van der Waals surface area contributed by atoms with E-state index in [1.54, 1.807) is 12.1 Å². The molecule has 0 radical (unpaired) electrons. The summed E-state index contributed by atoms with van der Waals surface area (Å²) in [4.78, 5) is 16.8. The highest BCUT2D eigenvalue weighted by Gasteiger charge is 2.44. The third-order valence-electron chi connectivity index (χ3n) is 5.11. The van der Waals surface area contributed by atoms with E-state index < -0.39 is 0 Å². The van der Waals surface area contributed by atoms with Gasteiger partial charge in [-0.2, -0.15) is 0 Å². The minimum absolute atomic E-state index is 0.000914. The molecule has 1 aromatic heterocycles. The standard InChI is InChI=1S/C20H18Cl2FN3O/c1-26-16-7-3-6-15(23)19(16)25-17(26)8-9-24-20(27)13-10-12(13)11-4-2-5-14(21)18(11)22/h2-7,12-13H,8-10H2,1H3,(H,24,27)/t12-,13+/m0/s1. The summed E-state index contributed by atoms with van der Waals surface area (Å²) in [7, 11) is 1.85. The van der Waals surface area contributed by atoms with Gasteiger partial charge in [0.1, 0.15) is 11.3 Å². The number of carbonyl (C=O) groups is 1. The van der Waals surface area contributed by atoms with Crippen LogP contribution in [0.15, 0.2) is 36.4 Å². The number of aromatic nitrogens is 2. The first-order chi connectivity index (χ1) is 13.0. The van der Waals surface area contributed by atoms with Crippen LogP contribution in [-0.4, -0.2) is 22.0 Å². The first-order valence-electron chi connectivity index (χ1n) is 8.79. The Labute approximate surface area is 166 Å². The van der Waals surface area contributed by atoms with Crippen LogP contribution in [0.4, 0.5) is 4.39 Å². The second kappa shape index (κ2) is 7.13. The van der Waals surface area contributed by atoms with E-state index in [4.69, 9.17) is 23.2 Å². The fraction of sp³-hybridized carbons (Fsp3) is 0.300. The highest BCUT2D eigenvalue weighted by atomic mass is 35.5. The monoisotopic (exact) mass is 405 g/mol. The molecule has 1 aliphatic carbocycles. The van der Waals surface area contributed by atoms with Crippen molar-refractivity contribution >= 4 is 40.1 Å². The van der Waals surface area contributed by atoms with E-state index in [0.717, 1.165) is 23.3 Å². The molecule has 27 heavy (non-hydrogen) atoms. The minimum atomic E-state index is -0.336. The molecule has 0 saturated heterocycles. The van der Waals surface area contributed by atoms with Crippen LogP contribution in [0.5, 0.6) is 0 Å². The van der Waals surface area contributed by atoms with Gasteiger partial charge in [-0.25, -0.2) is 9.37 Å². The van der Waals surface area contributed by atoms with Crippen LogP contribution < -0.4 is 5.32 Å². The lowest BCUT2D eigenvalue weighted by atomic mass is 10.1. The number of nitrogens with zero attached hydrogens (tertiary/aromatic N) is 2. The normalized spacial score (nSPS) is 18.7. The molecule has 1 heterocycles. The number of aryl methyl sites for hydroxylation is 1. The maximum Gasteiger partial charge on any atom is 0.223 e. The Morgan fingerprint density at radius 3 is 2.85 bits per heavy atom. The number of fused-ring (bicyclic) bond motifs is 1. The van der Waals surface area contributed by atoms with Gasteiger partial charge in [-0.05, 0) is 36.1 Å². The molecule has 0 aliphatic heterocycles. The quantitative estimate of drug-likeness (QED) is 0.679. The average Bonchev–Trinajstić information content (AvgIpc) is 3.38. The van der Waals surface area contributed by atoms with E-state index in [-0.39, 0.29) is 23.6 Å². The van der Waals surface area contributed by atoms with E-state index in [1.807, 2.05) is 29.8 Å². The lowest BCUT2D eigenvalue weighted by Crippen LogP contribution is -2.28. The van der Waals surface area contributed by atoms with Gasteiger partial charge < -0.3 is 9.88 Å². The zero-order valence-corrected chi connectivity index (χ0v) is 16.2. The lowest BCUT2D eigenvalue weighted by molar-refractivity contribution is -0.122. The smallest absolute Gasteiger partial charge is 0.223 e. The fourth-order valence-corrected chi connectivity index (χ4v) is 3.96. The lowest BCUT2D eigenvalue weighted by Gasteiger charge is -2.07. The average molecular weight is 406 g/mol. The van der Waals surface area contributed by atoms with Crippen molar-refractivity contribution in [2.75, 3.05) is 6.54 Å². The Kier molecular flexibility index (Phi) is 4.82. The summed E-state index contributed by atoms with van der Waals surface area (Å²) in [5.41, 5.74) is 2.03.